The summed E-state index contributed by atoms with van der Waals surface area (Å²) < 4.78 is 10.8. The van der Waals surface area contributed by atoms with Gasteiger partial charge >= 0.3 is 0 Å². The Morgan fingerprint density at radius 2 is 2.00 bits per heavy atom. The lowest BCUT2D eigenvalue weighted by atomic mass is 10.0. The van der Waals surface area contributed by atoms with E-state index < -0.39 is 0 Å². The van der Waals surface area contributed by atoms with Crippen LogP contribution < -0.4 is 4.74 Å². The van der Waals surface area contributed by atoms with Crippen molar-refractivity contribution in [1.29, 1.82) is 0 Å². The number of methoxy groups -OCH3 is 1. The standard InChI is InChI=1S/C17H27NO2/c1-4-14-6-9-17(20-11-5-10-19-3)12-15(14)13-18(2)16-7-8-16/h6,9,12,16H,4-5,7-8,10-11,13H2,1-3H3. The van der Waals surface area contributed by atoms with Crippen LogP contribution in [0.5, 0.6) is 5.75 Å². The lowest BCUT2D eigenvalue weighted by Crippen LogP contribution is -2.20. The number of hydrogen-bond donors (Lipinski definition) is 0. The van der Waals surface area contributed by atoms with E-state index in [1.54, 1.807) is 7.11 Å². The van der Waals surface area contributed by atoms with Crippen LogP contribution in [0.15, 0.2) is 18.2 Å². The van der Waals surface area contributed by atoms with Crippen molar-refractivity contribution in [3.8, 4) is 5.75 Å². The van der Waals surface area contributed by atoms with Crippen LogP contribution in [0.3, 0.4) is 0 Å². The first-order valence-corrected chi connectivity index (χ1v) is 7.68. The number of ether oxygens (including phenoxy) is 2. The molecule has 0 aromatic heterocycles. The van der Waals surface area contributed by atoms with Crippen molar-refractivity contribution in [2.75, 3.05) is 27.4 Å². The molecule has 3 nitrogen and oxygen atoms in total. The van der Waals surface area contributed by atoms with Crippen LogP contribution in [0.1, 0.15) is 37.3 Å². The third-order valence-corrected chi connectivity index (χ3v) is 3.91. The first-order chi connectivity index (χ1) is 9.74. The van der Waals surface area contributed by atoms with Gasteiger partial charge < -0.3 is 9.47 Å². The monoisotopic (exact) mass is 277 g/mol. The molecule has 0 bridgehead atoms. The Kier molecular flexibility index (Phi) is 5.86. The Labute approximate surface area is 122 Å². The molecule has 112 valence electrons. The molecule has 0 unspecified atom stereocenters. The molecule has 1 aromatic carbocycles. The van der Waals surface area contributed by atoms with Crippen LogP contribution in [-0.2, 0) is 17.7 Å². The molecule has 1 saturated carbocycles. The van der Waals surface area contributed by atoms with Crippen molar-refractivity contribution in [2.24, 2.45) is 0 Å². The summed E-state index contributed by atoms with van der Waals surface area (Å²) in [7, 11) is 3.95. The van der Waals surface area contributed by atoms with Crippen molar-refractivity contribution in [3.05, 3.63) is 29.3 Å². The molecule has 0 radical (unpaired) electrons. The van der Waals surface area contributed by atoms with Crippen LogP contribution in [0.25, 0.3) is 0 Å². The molecule has 1 aliphatic carbocycles. The van der Waals surface area contributed by atoms with Crippen LogP contribution in [0.4, 0.5) is 0 Å². The highest BCUT2D eigenvalue weighted by Crippen LogP contribution is 2.28. The van der Waals surface area contributed by atoms with Gasteiger partial charge in [0, 0.05) is 32.7 Å². The second-order valence-electron chi connectivity index (χ2n) is 5.63. The molecule has 0 spiro atoms. The smallest absolute Gasteiger partial charge is 0.119 e. The number of benzene rings is 1. The maximum atomic E-state index is 5.81. The second kappa shape index (κ2) is 7.65. The van der Waals surface area contributed by atoms with Crippen LogP contribution in [0, 0.1) is 0 Å². The molecule has 20 heavy (non-hydrogen) atoms. The fourth-order valence-electron chi connectivity index (χ4n) is 2.49. The lowest BCUT2D eigenvalue weighted by molar-refractivity contribution is 0.172. The Morgan fingerprint density at radius 3 is 2.65 bits per heavy atom. The van der Waals surface area contributed by atoms with E-state index in [0.717, 1.165) is 44.4 Å². The zero-order valence-corrected chi connectivity index (χ0v) is 13.0. The maximum absolute atomic E-state index is 5.81. The molecular weight excluding hydrogens is 250 g/mol. The molecule has 0 aliphatic heterocycles. The first kappa shape index (κ1) is 15.3. The highest BCUT2D eigenvalue weighted by atomic mass is 16.5. The molecule has 2 rings (SSSR count). The van der Waals surface area contributed by atoms with Gasteiger partial charge in [-0.15, -0.1) is 0 Å². The minimum atomic E-state index is 0.719. The van der Waals surface area contributed by atoms with Crippen molar-refractivity contribution >= 4 is 0 Å². The van der Waals surface area contributed by atoms with Gasteiger partial charge in [0.15, 0.2) is 0 Å². The molecule has 3 heteroatoms. The third-order valence-electron chi connectivity index (χ3n) is 3.91. The van der Waals surface area contributed by atoms with Crippen molar-refractivity contribution in [1.82, 2.24) is 4.90 Å². The van der Waals surface area contributed by atoms with Gasteiger partial charge in [-0.2, -0.15) is 0 Å². The predicted octanol–water partition coefficient (Wildman–Crippen LogP) is 3.26. The predicted molar refractivity (Wildman–Crippen MR) is 82.3 cm³/mol. The van der Waals surface area contributed by atoms with Gasteiger partial charge in [-0.1, -0.05) is 13.0 Å². The molecule has 1 fully saturated rings. The summed E-state index contributed by atoms with van der Waals surface area (Å²) in [4.78, 5) is 2.46. The molecule has 0 saturated heterocycles. The normalized spacial score (nSPS) is 14.8. The summed E-state index contributed by atoms with van der Waals surface area (Å²) in [6.45, 7) is 4.72. The number of aryl methyl sites for hydroxylation is 1. The zero-order chi connectivity index (χ0) is 14.4. The van der Waals surface area contributed by atoms with Crippen molar-refractivity contribution in [3.63, 3.8) is 0 Å². The molecular formula is C17H27NO2. The molecule has 0 atom stereocenters. The second-order valence-corrected chi connectivity index (χ2v) is 5.63. The van der Waals surface area contributed by atoms with Crippen LogP contribution in [0.2, 0.25) is 0 Å². The van der Waals surface area contributed by atoms with Gasteiger partial charge in [-0.3, -0.25) is 4.90 Å². The number of rotatable bonds is 9. The SMILES string of the molecule is CCc1ccc(OCCCOC)cc1CN(C)C1CC1. The summed E-state index contributed by atoms with van der Waals surface area (Å²) in [5, 5.41) is 0. The van der Waals surface area contributed by atoms with E-state index in [0.29, 0.717) is 0 Å². The van der Waals surface area contributed by atoms with Gasteiger partial charge in [0.1, 0.15) is 5.75 Å². The van der Waals surface area contributed by atoms with Crippen LogP contribution in [-0.4, -0.2) is 38.3 Å². The summed E-state index contributed by atoms with van der Waals surface area (Å²) in [6, 6.07) is 7.31. The molecule has 1 aliphatic rings. The fourth-order valence-corrected chi connectivity index (χ4v) is 2.49. The minimum absolute atomic E-state index is 0.719. The van der Waals surface area contributed by atoms with E-state index in [-0.39, 0.29) is 0 Å². The van der Waals surface area contributed by atoms with E-state index >= 15 is 0 Å². The van der Waals surface area contributed by atoms with E-state index in [1.807, 2.05) is 0 Å². The van der Waals surface area contributed by atoms with Gasteiger partial charge in [-0.25, -0.2) is 0 Å². The van der Waals surface area contributed by atoms with Gasteiger partial charge in [0.05, 0.1) is 6.61 Å². The van der Waals surface area contributed by atoms with E-state index in [1.165, 1.54) is 24.0 Å². The summed E-state index contributed by atoms with van der Waals surface area (Å²) in [5.74, 6) is 0.984. The van der Waals surface area contributed by atoms with Crippen molar-refractivity contribution < 1.29 is 9.47 Å². The maximum Gasteiger partial charge on any atom is 0.119 e. The third kappa shape index (κ3) is 4.50. The molecule has 1 aromatic rings. The summed E-state index contributed by atoms with van der Waals surface area (Å²) >= 11 is 0. The highest BCUT2D eigenvalue weighted by Gasteiger charge is 2.26. The van der Waals surface area contributed by atoms with E-state index in [2.05, 4.69) is 37.1 Å². The Hall–Kier alpha value is -1.06. The quantitative estimate of drug-likeness (QED) is 0.647. The Bertz CT molecular complexity index is 415. The molecule has 0 N–H and O–H groups in total. The van der Waals surface area contributed by atoms with Crippen LogP contribution >= 0.6 is 0 Å². The topological polar surface area (TPSA) is 21.7 Å². The first-order valence-electron chi connectivity index (χ1n) is 7.68. The largest absolute Gasteiger partial charge is 0.493 e. The van der Waals surface area contributed by atoms with E-state index in [4.69, 9.17) is 9.47 Å². The molecule has 0 heterocycles. The Balaban J connectivity index is 1.95. The van der Waals surface area contributed by atoms with Crippen molar-refractivity contribution in [2.45, 2.75) is 45.2 Å². The molecule has 0 amide bonds. The minimum Gasteiger partial charge on any atom is -0.493 e. The average Bonchev–Trinajstić information content (AvgIpc) is 3.28. The van der Waals surface area contributed by atoms with Gasteiger partial charge in [0.25, 0.3) is 0 Å². The zero-order valence-electron chi connectivity index (χ0n) is 13.0. The fraction of sp³-hybridized carbons (Fsp3) is 0.647. The highest BCUT2D eigenvalue weighted by molar-refractivity contribution is 5.36. The number of hydrogen-bond acceptors (Lipinski definition) is 3. The average molecular weight is 277 g/mol. The van der Waals surface area contributed by atoms with Gasteiger partial charge in [0.2, 0.25) is 0 Å². The van der Waals surface area contributed by atoms with E-state index in [9.17, 15) is 0 Å². The van der Waals surface area contributed by atoms with Gasteiger partial charge in [-0.05, 0) is 49.6 Å². The summed E-state index contributed by atoms with van der Waals surface area (Å²) in [6.07, 6.45) is 4.72. The Morgan fingerprint density at radius 1 is 1.20 bits per heavy atom. The number of nitrogens with zero attached hydrogens (tertiary/aromatic N) is 1. The lowest BCUT2D eigenvalue weighted by Gasteiger charge is -2.19. The summed E-state index contributed by atoms with van der Waals surface area (Å²) in [5.41, 5.74) is 2.84.